The van der Waals surface area contributed by atoms with Gasteiger partial charge >= 0.3 is 0 Å². The van der Waals surface area contributed by atoms with E-state index in [4.69, 9.17) is 9.47 Å². The van der Waals surface area contributed by atoms with Gasteiger partial charge in [-0.15, -0.1) is 0 Å². The van der Waals surface area contributed by atoms with Crippen LogP contribution in [0.1, 0.15) is 37.0 Å². The number of aryl methyl sites for hydroxylation is 2. The minimum atomic E-state index is -0.501. The van der Waals surface area contributed by atoms with Crippen LogP contribution in [0, 0.1) is 13.8 Å². The van der Waals surface area contributed by atoms with Crippen LogP contribution in [0.3, 0.4) is 0 Å². The quantitative estimate of drug-likeness (QED) is 0.685. The van der Waals surface area contributed by atoms with E-state index in [1.165, 1.54) is 5.56 Å². The van der Waals surface area contributed by atoms with Gasteiger partial charge in [0.1, 0.15) is 18.1 Å². The molecule has 0 radical (unpaired) electrons. The lowest BCUT2D eigenvalue weighted by molar-refractivity contribution is -0.128. The van der Waals surface area contributed by atoms with E-state index in [-0.39, 0.29) is 5.91 Å². The Kier molecular flexibility index (Phi) is 7.52. The van der Waals surface area contributed by atoms with Crippen molar-refractivity contribution in [3.63, 3.8) is 0 Å². The van der Waals surface area contributed by atoms with Gasteiger partial charge in [0.25, 0.3) is 5.91 Å². The minimum Gasteiger partial charge on any atom is -0.492 e. The van der Waals surface area contributed by atoms with Gasteiger partial charge in [-0.2, -0.15) is 0 Å². The molecule has 140 valence electrons. The van der Waals surface area contributed by atoms with Crippen molar-refractivity contribution in [1.82, 2.24) is 5.32 Å². The van der Waals surface area contributed by atoms with Gasteiger partial charge in [0.05, 0.1) is 6.54 Å². The highest BCUT2D eigenvalue weighted by molar-refractivity contribution is 5.81. The Balaban J connectivity index is 1.80. The van der Waals surface area contributed by atoms with Crippen LogP contribution in [-0.4, -0.2) is 25.2 Å². The van der Waals surface area contributed by atoms with Gasteiger partial charge in [-0.3, -0.25) is 4.79 Å². The van der Waals surface area contributed by atoms with Crippen molar-refractivity contribution in [1.29, 1.82) is 0 Å². The molecule has 0 spiro atoms. The summed E-state index contributed by atoms with van der Waals surface area (Å²) in [4.78, 5) is 12.4. The number of benzene rings is 2. The molecule has 4 heteroatoms. The predicted molar refractivity (Wildman–Crippen MR) is 105 cm³/mol. The first-order valence-electron chi connectivity index (χ1n) is 9.27. The summed E-state index contributed by atoms with van der Waals surface area (Å²) >= 11 is 0. The molecule has 2 aromatic carbocycles. The summed E-state index contributed by atoms with van der Waals surface area (Å²) in [7, 11) is 0. The Morgan fingerprint density at radius 3 is 2.46 bits per heavy atom. The van der Waals surface area contributed by atoms with E-state index in [0.717, 1.165) is 29.0 Å². The van der Waals surface area contributed by atoms with Gasteiger partial charge in [-0.25, -0.2) is 0 Å². The highest BCUT2D eigenvalue weighted by Gasteiger charge is 2.19. The molecule has 0 bridgehead atoms. The maximum atomic E-state index is 12.4. The fourth-order valence-electron chi connectivity index (χ4n) is 2.61. The maximum Gasteiger partial charge on any atom is 0.261 e. The van der Waals surface area contributed by atoms with Crippen molar-refractivity contribution in [2.75, 3.05) is 13.2 Å². The second kappa shape index (κ2) is 9.85. The van der Waals surface area contributed by atoms with Crippen molar-refractivity contribution in [2.45, 2.75) is 46.6 Å². The molecular weight excluding hydrogens is 326 g/mol. The molecule has 1 N–H and O–H groups in total. The molecule has 0 fully saturated rings. The number of ether oxygens (including phenoxy) is 2. The molecule has 26 heavy (non-hydrogen) atoms. The second-order valence-electron chi connectivity index (χ2n) is 6.35. The fraction of sp³-hybridized carbons (Fsp3) is 0.409. The van der Waals surface area contributed by atoms with Gasteiger partial charge in [0.2, 0.25) is 0 Å². The van der Waals surface area contributed by atoms with E-state index in [1.807, 2.05) is 51.1 Å². The Morgan fingerprint density at radius 2 is 1.81 bits per heavy atom. The first-order valence-corrected chi connectivity index (χ1v) is 9.27. The third kappa shape index (κ3) is 5.51. The van der Waals surface area contributed by atoms with E-state index < -0.39 is 6.10 Å². The Morgan fingerprint density at radius 1 is 1.08 bits per heavy atom. The lowest BCUT2D eigenvalue weighted by Gasteiger charge is -2.19. The fourth-order valence-corrected chi connectivity index (χ4v) is 2.61. The van der Waals surface area contributed by atoms with Gasteiger partial charge in [-0.05, 0) is 61.6 Å². The second-order valence-corrected chi connectivity index (χ2v) is 6.35. The SMILES string of the molecule is CCc1ccc(OCCNC(=O)[C@@H](CC)Oc2cccc(C)c2C)cc1. The van der Waals surface area contributed by atoms with Gasteiger partial charge in [0.15, 0.2) is 6.10 Å². The Bertz CT molecular complexity index is 710. The van der Waals surface area contributed by atoms with Crippen LogP contribution < -0.4 is 14.8 Å². The molecule has 0 aliphatic heterocycles. The van der Waals surface area contributed by atoms with Gasteiger partial charge < -0.3 is 14.8 Å². The number of rotatable bonds is 9. The predicted octanol–water partition coefficient (Wildman–Crippen LogP) is 4.22. The summed E-state index contributed by atoms with van der Waals surface area (Å²) in [5.41, 5.74) is 3.50. The number of carbonyl (C=O) groups is 1. The molecule has 0 unspecified atom stereocenters. The molecule has 0 heterocycles. The molecule has 0 aromatic heterocycles. The van der Waals surface area contributed by atoms with Crippen molar-refractivity contribution in [2.24, 2.45) is 0 Å². The maximum absolute atomic E-state index is 12.4. The van der Waals surface area contributed by atoms with Crippen LogP contribution >= 0.6 is 0 Å². The number of carbonyl (C=O) groups excluding carboxylic acids is 1. The van der Waals surface area contributed by atoms with Crippen molar-refractivity contribution in [3.05, 3.63) is 59.2 Å². The van der Waals surface area contributed by atoms with E-state index in [9.17, 15) is 4.79 Å². The lowest BCUT2D eigenvalue weighted by Crippen LogP contribution is -2.39. The Labute approximate surface area is 156 Å². The molecule has 0 aliphatic carbocycles. The van der Waals surface area contributed by atoms with Gasteiger partial charge in [0, 0.05) is 0 Å². The van der Waals surface area contributed by atoms with Crippen LogP contribution in [0.2, 0.25) is 0 Å². The number of amides is 1. The normalized spacial score (nSPS) is 11.7. The average Bonchev–Trinajstić information content (AvgIpc) is 2.66. The number of hydrogen-bond donors (Lipinski definition) is 1. The van der Waals surface area contributed by atoms with Crippen LogP contribution in [0.15, 0.2) is 42.5 Å². The molecule has 1 amide bonds. The summed E-state index contributed by atoms with van der Waals surface area (Å²) < 4.78 is 11.6. The topological polar surface area (TPSA) is 47.6 Å². The summed E-state index contributed by atoms with van der Waals surface area (Å²) in [5, 5.41) is 2.89. The molecule has 4 nitrogen and oxygen atoms in total. The minimum absolute atomic E-state index is 0.113. The summed E-state index contributed by atoms with van der Waals surface area (Å²) in [6.07, 6.45) is 1.12. The molecule has 1 atom stereocenters. The number of hydrogen-bond acceptors (Lipinski definition) is 3. The van der Waals surface area contributed by atoms with Crippen LogP contribution in [0.5, 0.6) is 11.5 Å². The largest absolute Gasteiger partial charge is 0.492 e. The smallest absolute Gasteiger partial charge is 0.261 e. The average molecular weight is 355 g/mol. The molecule has 2 aromatic rings. The monoisotopic (exact) mass is 355 g/mol. The van der Waals surface area contributed by atoms with Gasteiger partial charge in [-0.1, -0.05) is 38.1 Å². The molecule has 0 saturated heterocycles. The van der Waals surface area contributed by atoms with Crippen LogP contribution in [0.25, 0.3) is 0 Å². The number of nitrogens with one attached hydrogen (secondary N) is 1. The summed E-state index contributed by atoms with van der Waals surface area (Å²) in [6.45, 7) is 8.98. The lowest BCUT2D eigenvalue weighted by atomic mass is 10.1. The van der Waals surface area contributed by atoms with Crippen molar-refractivity contribution < 1.29 is 14.3 Å². The van der Waals surface area contributed by atoms with E-state index in [1.54, 1.807) is 0 Å². The van der Waals surface area contributed by atoms with Crippen LogP contribution in [0.4, 0.5) is 0 Å². The third-order valence-electron chi connectivity index (χ3n) is 4.49. The molecule has 2 rings (SSSR count). The van der Waals surface area contributed by atoms with E-state index in [0.29, 0.717) is 19.6 Å². The van der Waals surface area contributed by atoms with Crippen LogP contribution in [-0.2, 0) is 11.2 Å². The first-order chi connectivity index (χ1) is 12.5. The zero-order valence-corrected chi connectivity index (χ0v) is 16.2. The third-order valence-corrected chi connectivity index (χ3v) is 4.49. The zero-order chi connectivity index (χ0) is 18.9. The highest BCUT2D eigenvalue weighted by atomic mass is 16.5. The first kappa shape index (κ1) is 19.8. The highest BCUT2D eigenvalue weighted by Crippen LogP contribution is 2.22. The van der Waals surface area contributed by atoms with E-state index >= 15 is 0 Å². The summed E-state index contributed by atoms with van der Waals surface area (Å²) in [5.74, 6) is 1.47. The van der Waals surface area contributed by atoms with E-state index in [2.05, 4.69) is 24.4 Å². The molecular formula is C22H29NO3. The van der Waals surface area contributed by atoms with Crippen molar-refractivity contribution >= 4 is 5.91 Å². The standard InChI is InChI=1S/C22H29NO3/c1-5-18-10-12-19(13-11-18)25-15-14-23-22(24)20(6-2)26-21-9-7-8-16(3)17(21)4/h7-13,20H,5-6,14-15H2,1-4H3,(H,23,24)/t20-/m1/s1. The molecule has 0 saturated carbocycles. The Hall–Kier alpha value is -2.49. The molecule has 0 aliphatic rings. The van der Waals surface area contributed by atoms with Crippen molar-refractivity contribution in [3.8, 4) is 11.5 Å². The zero-order valence-electron chi connectivity index (χ0n) is 16.2. The summed E-state index contributed by atoms with van der Waals surface area (Å²) in [6, 6.07) is 13.9.